The molecule has 3 rings (SSSR count). The van der Waals surface area contributed by atoms with Gasteiger partial charge in [0.1, 0.15) is 5.82 Å². The molecule has 3 heterocycles. The van der Waals surface area contributed by atoms with Crippen LogP contribution in [0.25, 0.3) is 11.4 Å². The minimum absolute atomic E-state index is 0.348. The molecule has 0 aliphatic carbocycles. The predicted molar refractivity (Wildman–Crippen MR) is 88.7 cm³/mol. The molecule has 7 heteroatoms. The van der Waals surface area contributed by atoms with Gasteiger partial charge in [0.25, 0.3) is 0 Å². The van der Waals surface area contributed by atoms with E-state index in [1.54, 1.807) is 13.1 Å². The van der Waals surface area contributed by atoms with E-state index in [-0.39, 0.29) is 0 Å². The van der Waals surface area contributed by atoms with Gasteiger partial charge >= 0.3 is 0 Å². The van der Waals surface area contributed by atoms with Crippen LogP contribution in [-0.2, 0) is 6.54 Å². The predicted octanol–water partition coefficient (Wildman–Crippen LogP) is 3.09. The van der Waals surface area contributed by atoms with Gasteiger partial charge in [0.2, 0.25) is 5.95 Å². The topological polar surface area (TPSA) is 54.8 Å². The number of piperidine rings is 1. The number of aromatic nitrogens is 4. The van der Waals surface area contributed by atoms with Crippen LogP contribution in [0.2, 0.25) is 0 Å². The third kappa shape index (κ3) is 4.03. The molecule has 0 unspecified atom stereocenters. The van der Waals surface area contributed by atoms with Crippen LogP contribution in [-0.4, -0.2) is 44.2 Å². The van der Waals surface area contributed by atoms with Crippen molar-refractivity contribution in [1.29, 1.82) is 0 Å². The highest BCUT2D eigenvalue weighted by Gasteiger charge is 2.15. The molecule has 2 aromatic rings. The van der Waals surface area contributed by atoms with Crippen molar-refractivity contribution in [1.82, 2.24) is 24.8 Å². The lowest BCUT2D eigenvalue weighted by Gasteiger charge is -2.26. The van der Waals surface area contributed by atoms with Crippen molar-refractivity contribution in [2.24, 2.45) is 0 Å². The second kappa shape index (κ2) is 7.31. The van der Waals surface area contributed by atoms with Crippen LogP contribution >= 0.6 is 11.8 Å². The first-order valence-electron chi connectivity index (χ1n) is 7.79. The average molecular weight is 333 g/mol. The van der Waals surface area contributed by atoms with E-state index in [0.29, 0.717) is 22.4 Å². The number of nitrogens with zero attached hydrogens (tertiary/aromatic N) is 5. The zero-order valence-electron chi connectivity index (χ0n) is 13.4. The summed E-state index contributed by atoms with van der Waals surface area (Å²) in [7, 11) is 0. The maximum atomic E-state index is 14.2. The van der Waals surface area contributed by atoms with Crippen molar-refractivity contribution in [3.8, 4) is 11.4 Å². The molecule has 0 saturated carbocycles. The lowest BCUT2D eigenvalue weighted by Crippen LogP contribution is -2.29. The summed E-state index contributed by atoms with van der Waals surface area (Å²) < 4.78 is 14.2. The molecule has 0 atom stereocenters. The monoisotopic (exact) mass is 333 g/mol. The van der Waals surface area contributed by atoms with E-state index >= 15 is 0 Å². The number of hydrogen-bond acceptors (Lipinski definition) is 6. The molecule has 122 valence electrons. The molecule has 0 spiro atoms. The van der Waals surface area contributed by atoms with E-state index in [9.17, 15) is 4.39 Å². The fourth-order valence-corrected chi connectivity index (χ4v) is 3.18. The first-order valence-corrected chi connectivity index (χ1v) is 9.02. The van der Waals surface area contributed by atoms with Crippen LogP contribution in [0.15, 0.2) is 17.4 Å². The average Bonchev–Trinajstić information content (AvgIpc) is 2.57. The molecular formula is C16H20FN5S. The molecule has 0 bridgehead atoms. The summed E-state index contributed by atoms with van der Waals surface area (Å²) in [6.45, 7) is 4.76. The highest BCUT2D eigenvalue weighted by molar-refractivity contribution is 7.98. The summed E-state index contributed by atoms with van der Waals surface area (Å²) in [5, 5.41) is 0.591. The molecule has 1 aliphatic rings. The summed E-state index contributed by atoms with van der Waals surface area (Å²) >= 11 is 1.42. The third-order valence-corrected chi connectivity index (χ3v) is 4.45. The van der Waals surface area contributed by atoms with Gasteiger partial charge in [-0.3, -0.25) is 4.90 Å². The SMILES string of the molecule is CSc1nc(C)nc(-c2cc(CN3CCCCC3)cnc2F)n1. The van der Waals surface area contributed by atoms with Crippen molar-refractivity contribution >= 4 is 11.8 Å². The Hall–Kier alpha value is -1.60. The lowest BCUT2D eigenvalue weighted by molar-refractivity contribution is 0.220. The van der Waals surface area contributed by atoms with Crippen molar-refractivity contribution in [2.75, 3.05) is 19.3 Å². The van der Waals surface area contributed by atoms with Gasteiger partial charge in [-0.05, 0) is 50.7 Å². The van der Waals surface area contributed by atoms with Gasteiger partial charge < -0.3 is 0 Å². The number of aryl methyl sites for hydroxylation is 1. The minimum atomic E-state index is -0.537. The van der Waals surface area contributed by atoms with E-state index in [4.69, 9.17) is 0 Å². The van der Waals surface area contributed by atoms with Crippen molar-refractivity contribution in [3.63, 3.8) is 0 Å². The molecule has 1 aliphatic heterocycles. The summed E-state index contributed by atoms with van der Waals surface area (Å²) in [6, 6.07) is 1.82. The third-order valence-electron chi connectivity index (χ3n) is 3.90. The Labute approximate surface area is 139 Å². The van der Waals surface area contributed by atoms with Gasteiger partial charge in [0.05, 0.1) is 5.56 Å². The Bertz CT molecular complexity index is 688. The van der Waals surface area contributed by atoms with Gasteiger partial charge in [-0.2, -0.15) is 4.39 Å². The smallest absolute Gasteiger partial charge is 0.223 e. The quantitative estimate of drug-likeness (QED) is 0.633. The molecular weight excluding hydrogens is 313 g/mol. The molecule has 1 fully saturated rings. The number of likely N-dealkylation sites (tertiary alicyclic amines) is 1. The van der Waals surface area contributed by atoms with Crippen LogP contribution in [0.1, 0.15) is 30.7 Å². The number of pyridine rings is 1. The molecule has 23 heavy (non-hydrogen) atoms. The fraction of sp³-hybridized carbons (Fsp3) is 0.500. The first-order chi connectivity index (χ1) is 11.2. The zero-order valence-corrected chi connectivity index (χ0v) is 14.2. The number of hydrogen-bond donors (Lipinski definition) is 0. The van der Waals surface area contributed by atoms with E-state index in [1.165, 1.54) is 31.0 Å². The first kappa shape index (κ1) is 16.3. The van der Waals surface area contributed by atoms with Gasteiger partial charge in [-0.15, -0.1) is 0 Å². The summed E-state index contributed by atoms with van der Waals surface area (Å²) in [6.07, 6.45) is 7.25. The summed E-state index contributed by atoms with van der Waals surface area (Å²) in [5.41, 5.74) is 1.34. The second-order valence-electron chi connectivity index (χ2n) is 5.71. The Kier molecular flexibility index (Phi) is 5.17. The van der Waals surface area contributed by atoms with Gasteiger partial charge in [0, 0.05) is 12.7 Å². The van der Waals surface area contributed by atoms with E-state index < -0.39 is 5.95 Å². The van der Waals surface area contributed by atoms with E-state index in [0.717, 1.165) is 25.2 Å². The molecule has 5 nitrogen and oxygen atoms in total. The van der Waals surface area contributed by atoms with Crippen LogP contribution in [0.3, 0.4) is 0 Å². The maximum Gasteiger partial charge on any atom is 0.223 e. The molecule has 0 radical (unpaired) electrons. The van der Waals surface area contributed by atoms with Crippen molar-refractivity contribution in [2.45, 2.75) is 37.9 Å². The normalized spacial score (nSPS) is 15.8. The standard InChI is InChI=1S/C16H20FN5S/c1-11-19-15(21-16(20-11)23-2)13-8-12(9-18-14(13)17)10-22-6-4-3-5-7-22/h8-9H,3-7,10H2,1-2H3. The molecule has 0 N–H and O–H groups in total. The van der Waals surface area contributed by atoms with Crippen LogP contribution in [0.4, 0.5) is 4.39 Å². The van der Waals surface area contributed by atoms with E-state index in [2.05, 4.69) is 24.8 Å². The molecule has 0 aromatic carbocycles. The van der Waals surface area contributed by atoms with E-state index in [1.807, 2.05) is 12.3 Å². The van der Waals surface area contributed by atoms with Crippen LogP contribution in [0.5, 0.6) is 0 Å². The molecule has 1 saturated heterocycles. The number of halogens is 1. The Balaban J connectivity index is 1.89. The molecule has 0 amide bonds. The van der Waals surface area contributed by atoms with Crippen LogP contribution in [0, 0.1) is 12.9 Å². The number of rotatable bonds is 4. The molecule has 2 aromatic heterocycles. The second-order valence-corrected chi connectivity index (χ2v) is 6.49. The summed E-state index contributed by atoms with van der Waals surface area (Å²) in [5.74, 6) is 0.401. The van der Waals surface area contributed by atoms with Crippen molar-refractivity contribution in [3.05, 3.63) is 29.6 Å². The lowest BCUT2D eigenvalue weighted by atomic mass is 10.1. The Morgan fingerprint density at radius 3 is 2.70 bits per heavy atom. The van der Waals surface area contributed by atoms with Gasteiger partial charge in [0.15, 0.2) is 11.0 Å². The maximum absolute atomic E-state index is 14.2. The largest absolute Gasteiger partial charge is 0.299 e. The Morgan fingerprint density at radius 1 is 1.17 bits per heavy atom. The van der Waals surface area contributed by atoms with Gasteiger partial charge in [-0.25, -0.2) is 19.9 Å². The van der Waals surface area contributed by atoms with Gasteiger partial charge in [-0.1, -0.05) is 18.2 Å². The number of thioether (sulfide) groups is 1. The zero-order chi connectivity index (χ0) is 16.2. The minimum Gasteiger partial charge on any atom is -0.299 e. The highest BCUT2D eigenvalue weighted by Crippen LogP contribution is 2.22. The van der Waals surface area contributed by atoms with Crippen LogP contribution < -0.4 is 0 Å². The Morgan fingerprint density at radius 2 is 1.96 bits per heavy atom. The highest BCUT2D eigenvalue weighted by atomic mass is 32.2. The summed E-state index contributed by atoms with van der Waals surface area (Å²) in [4.78, 5) is 19.1. The van der Waals surface area contributed by atoms with Crippen molar-refractivity contribution < 1.29 is 4.39 Å². The fourth-order valence-electron chi connectivity index (χ4n) is 2.78.